The zero-order valence-corrected chi connectivity index (χ0v) is 16.5. The van der Waals surface area contributed by atoms with Gasteiger partial charge in [-0.25, -0.2) is 0 Å². The highest BCUT2D eigenvalue weighted by Crippen LogP contribution is 2.39. The molecule has 1 aromatic carbocycles. The third-order valence-corrected chi connectivity index (χ3v) is 5.98. The van der Waals surface area contributed by atoms with Crippen molar-refractivity contribution in [1.29, 1.82) is 0 Å². The fraction of sp³-hybridized carbons (Fsp3) is 0.667. The Kier molecular flexibility index (Phi) is 6.34. The Morgan fingerprint density at radius 3 is 2.71 bits per heavy atom. The SMILES string of the molecule is CC(C)C[C@H](N)C(=O)NC1CCC2CN(Cc3cccc(C(F)(F)F)c3)CC21. The summed E-state index contributed by atoms with van der Waals surface area (Å²) in [6.07, 6.45) is -1.67. The molecule has 3 rings (SSSR count). The highest BCUT2D eigenvalue weighted by atomic mass is 19.4. The lowest BCUT2D eigenvalue weighted by atomic mass is 9.97. The lowest BCUT2D eigenvalue weighted by Gasteiger charge is -2.24. The quantitative estimate of drug-likeness (QED) is 0.774. The van der Waals surface area contributed by atoms with Crippen LogP contribution in [0.2, 0.25) is 0 Å². The van der Waals surface area contributed by atoms with Gasteiger partial charge in [0.15, 0.2) is 0 Å². The zero-order valence-electron chi connectivity index (χ0n) is 16.5. The summed E-state index contributed by atoms with van der Waals surface area (Å²) in [5.74, 6) is 1.11. The predicted octanol–water partition coefficient (Wildman–Crippen LogP) is 3.41. The Hall–Kier alpha value is -1.60. The van der Waals surface area contributed by atoms with Gasteiger partial charge in [-0.2, -0.15) is 13.2 Å². The van der Waals surface area contributed by atoms with E-state index in [2.05, 4.69) is 10.2 Å². The van der Waals surface area contributed by atoms with Crippen LogP contribution in [0, 0.1) is 17.8 Å². The number of hydrogen-bond donors (Lipinski definition) is 2. The van der Waals surface area contributed by atoms with Gasteiger partial charge in [0.2, 0.25) is 5.91 Å². The van der Waals surface area contributed by atoms with Crippen LogP contribution >= 0.6 is 0 Å². The second kappa shape index (κ2) is 8.41. The number of carbonyl (C=O) groups excluding carboxylic acids is 1. The number of alkyl halides is 3. The number of halogens is 3. The molecular weight excluding hydrogens is 367 g/mol. The normalized spacial score (nSPS) is 26.5. The summed E-state index contributed by atoms with van der Waals surface area (Å²) in [6.45, 7) is 6.25. The molecule has 0 radical (unpaired) electrons. The van der Waals surface area contributed by atoms with Gasteiger partial charge >= 0.3 is 6.18 Å². The smallest absolute Gasteiger partial charge is 0.352 e. The summed E-state index contributed by atoms with van der Waals surface area (Å²) in [5.41, 5.74) is 6.07. The van der Waals surface area contributed by atoms with Crippen LogP contribution < -0.4 is 11.1 Å². The molecule has 7 heteroatoms. The van der Waals surface area contributed by atoms with Crippen molar-refractivity contribution in [3.05, 3.63) is 35.4 Å². The third-order valence-electron chi connectivity index (χ3n) is 5.98. The fourth-order valence-electron chi connectivity index (χ4n) is 4.67. The highest BCUT2D eigenvalue weighted by Gasteiger charge is 2.43. The van der Waals surface area contributed by atoms with E-state index in [4.69, 9.17) is 5.73 Å². The Bertz CT molecular complexity index is 692. The van der Waals surface area contributed by atoms with E-state index in [1.165, 1.54) is 12.1 Å². The second-order valence-electron chi connectivity index (χ2n) is 8.74. The number of nitrogens with one attached hydrogen (secondary N) is 1. The molecule has 4 nitrogen and oxygen atoms in total. The van der Waals surface area contributed by atoms with Gasteiger partial charge in [0.25, 0.3) is 0 Å². The molecule has 0 aromatic heterocycles. The van der Waals surface area contributed by atoms with Crippen LogP contribution in [-0.4, -0.2) is 36.0 Å². The summed E-state index contributed by atoms with van der Waals surface area (Å²) in [7, 11) is 0. The summed E-state index contributed by atoms with van der Waals surface area (Å²) in [6, 6.07) is 5.18. The van der Waals surface area contributed by atoms with E-state index in [0.717, 1.165) is 32.0 Å². The van der Waals surface area contributed by atoms with E-state index in [-0.39, 0.29) is 11.9 Å². The number of benzene rings is 1. The average molecular weight is 397 g/mol. The molecule has 1 saturated carbocycles. The molecule has 1 aliphatic carbocycles. The number of fused-ring (bicyclic) bond motifs is 1. The largest absolute Gasteiger partial charge is 0.416 e. The van der Waals surface area contributed by atoms with E-state index in [1.807, 2.05) is 13.8 Å². The van der Waals surface area contributed by atoms with Crippen molar-refractivity contribution in [2.45, 2.75) is 57.9 Å². The molecule has 0 bridgehead atoms. The van der Waals surface area contributed by atoms with Crippen LogP contribution in [0.25, 0.3) is 0 Å². The van der Waals surface area contributed by atoms with E-state index in [1.54, 1.807) is 6.07 Å². The molecule has 156 valence electrons. The van der Waals surface area contributed by atoms with E-state index in [0.29, 0.717) is 36.3 Å². The van der Waals surface area contributed by atoms with Gasteiger partial charge in [0, 0.05) is 25.7 Å². The molecule has 1 amide bonds. The summed E-state index contributed by atoms with van der Waals surface area (Å²) >= 11 is 0. The standard InChI is InChI=1S/C21H30F3N3O/c1-13(2)8-18(25)20(28)26-19-7-6-15-11-27(12-17(15)19)10-14-4-3-5-16(9-14)21(22,23)24/h3-5,9,13,15,17-19H,6-8,10-12,25H2,1-2H3,(H,26,28)/t15?,17?,18-,19?/m0/s1. The molecule has 2 fully saturated rings. The monoisotopic (exact) mass is 397 g/mol. The van der Waals surface area contributed by atoms with Crippen molar-refractivity contribution in [2.75, 3.05) is 13.1 Å². The Labute approximate surface area is 164 Å². The van der Waals surface area contributed by atoms with Crippen LogP contribution in [0.1, 0.15) is 44.2 Å². The van der Waals surface area contributed by atoms with Crippen molar-refractivity contribution >= 4 is 5.91 Å². The molecule has 1 aromatic rings. The number of nitrogens with two attached hydrogens (primary N) is 1. The van der Waals surface area contributed by atoms with Crippen molar-refractivity contribution < 1.29 is 18.0 Å². The lowest BCUT2D eigenvalue weighted by molar-refractivity contribution is -0.137. The van der Waals surface area contributed by atoms with Crippen LogP contribution in [0.3, 0.4) is 0 Å². The highest BCUT2D eigenvalue weighted by molar-refractivity contribution is 5.81. The Morgan fingerprint density at radius 1 is 1.29 bits per heavy atom. The molecule has 1 saturated heterocycles. The van der Waals surface area contributed by atoms with Crippen LogP contribution in [-0.2, 0) is 17.5 Å². The van der Waals surface area contributed by atoms with Crippen LogP contribution in [0.5, 0.6) is 0 Å². The van der Waals surface area contributed by atoms with Gasteiger partial charge in [-0.05, 0) is 48.6 Å². The fourth-order valence-corrected chi connectivity index (χ4v) is 4.67. The maximum atomic E-state index is 12.9. The summed E-state index contributed by atoms with van der Waals surface area (Å²) < 4.78 is 38.8. The van der Waals surface area contributed by atoms with Crippen molar-refractivity contribution in [2.24, 2.45) is 23.5 Å². The molecule has 4 atom stereocenters. The van der Waals surface area contributed by atoms with Gasteiger partial charge in [0.1, 0.15) is 0 Å². The van der Waals surface area contributed by atoms with Gasteiger partial charge in [-0.1, -0.05) is 32.0 Å². The molecule has 2 aliphatic rings. The first-order valence-electron chi connectivity index (χ1n) is 10.1. The van der Waals surface area contributed by atoms with Crippen molar-refractivity contribution in [1.82, 2.24) is 10.2 Å². The first kappa shape index (κ1) is 21.1. The molecule has 3 unspecified atom stereocenters. The van der Waals surface area contributed by atoms with Gasteiger partial charge in [0.05, 0.1) is 11.6 Å². The van der Waals surface area contributed by atoms with Gasteiger partial charge in [-0.15, -0.1) is 0 Å². The molecule has 1 aliphatic heterocycles. The Balaban J connectivity index is 1.57. The zero-order chi connectivity index (χ0) is 20.5. The summed E-state index contributed by atoms with van der Waals surface area (Å²) in [5, 5.41) is 3.13. The Morgan fingerprint density at radius 2 is 2.04 bits per heavy atom. The van der Waals surface area contributed by atoms with Crippen molar-refractivity contribution in [3.8, 4) is 0 Å². The maximum absolute atomic E-state index is 12.9. The number of amides is 1. The molecule has 1 heterocycles. The maximum Gasteiger partial charge on any atom is 0.416 e. The predicted molar refractivity (Wildman–Crippen MR) is 102 cm³/mol. The minimum Gasteiger partial charge on any atom is -0.352 e. The van der Waals surface area contributed by atoms with Crippen LogP contribution in [0.4, 0.5) is 13.2 Å². The minimum absolute atomic E-state index is 0.0873. The first-order chi connectivity index (χ1) is 13.1. The van der Waals surface area contributed by atoms with E-state index in [9.17, 15) is 18.0 Å². The number of nitrogens with zero attached hydrogens (tertiary/aromatic N) is 1. The topological polar surface area (TPSA) is 58.4 Å². The average Bonchev–Trinajstić information content (AvgIpc) is 3.15. The molecule has 28 heavy (non-hydrogen) atoms. The molecule has 0 spiro atoms. The first-order valence-corrected chi connectivity index (χ1v) is 10.1. The minimum atomic E-state index is -4.32. The summed E-state index contributed by atoms with van der Waals surface area (Å²) in [4.78, 5) is 14.6. The van der Waals surface area contributed by atoms with E-state index < -0.39 is 17.8 Å². The van der Waals surface area contributed by atoms with Crippen molar-refractivity contribution in [3.63, 3.8) is 0 Å². The van der Waals surface area contributed by atoms with Gasteiger partial charge < -0.3 is 11.1 Å². The second-order valence-corrected chi connectivity index (χ2v) is 8.74. The third kappa shape index (κ3) is 5.06. The molecule has 3 N–H and O–H groups in total. The number of likely N-dealkylation sites (tertiary alicyclic amines) is 1. The lowest BCUT2D eigenvalue weighted by Crippen LogP contribution is -2.48. The number of hydrogen-bond acceptors (Lipinski definition) is 3. The number of carbonyl (C=O) groups is 1. The van der Waals surface area contributed by atoms with Crippen LogP contribution in [0.15, 0.2) is 24.3 Å². The molecular formula is C21H30F3N3O. The van der Waals surface area contributed by atoms with E-state index >= 15 is 0 Å². The number of rotatable bonds is 6. The van der Waals surface area contributed by atoms with Gasteiger partial charge in [-0.3, -0.25) is 9.69 Å².